The highest BCUT2D eigenvalue weighted by Crippen LogP contribution is 2.14. The lowest BCUT2D eigenvalue weighted by atomic mass is 10.1. The maximum absolute atomic E-state index is 11.9. The van der Waals surface area contributed by atoms with E-state index < -0.39 is 5.97 Å². The summed E-state index contributed by atoms with van der Waals surface area (Å²) in [6.07, 6.45) is 3.34. The summed E-state index contributed by atoms with van der Waals surface area (Å²) in [6, 6.07) is 6.67. The monoisotopic (exact) mass is 290 g/mol. The molecule has 1 aromatic rings. The first-order chi connectivity index (χ1) is 10.0. The molecule has 1 aromatic carbocycles. The number of ether oxygens (including phenoxy) is 1. The molecule has 2 unspecified atom stereocenters. The summed E-state index contributed by atoms with van der Waals surface area (Å²) in [5.41, 5.74) is 1.30. The normalized spacial score (nSPS) is 21.4. The van der Waals surface area contributed by atoms with Gasteiger partial charge in [-0.1, -0.05) is 12.1 Å². The molecule has 112 valence electrons. The largest absolute Gasteiger partial charge is 0.478 e. The molecule has 21 heavy (non-hydrogen) atoms. The lowest BCUT2D eigenvalue weighted by Crippen LogP contribution is -2.41. The lowest BCUT2D eigenvalue weighted by Gasteiger charge is -2.16. The number of benzene rings is 1. The van der Waals surface area contributed by atoms with Crippen molar-refractivity contribution in [2.24, 2.45) is 0 Å². The molecule has 1 saturated heterocycles. The summed E-state index contributed by atoms with van der Waals surface area (Å²) in [7, 11) is 0. The predicted octanol–water partition coefficient (Wildman–Crippen LogP) is 2.08. The Bertz CT molecular complexity index is 556. The van der Waals surface area contributed by atoms with Crippen molar-refractivity contribution in [1.29, 1.82) is 0 Å². The van der Waals surface area contributed by atoms with E-state index in [4.69, 9.17) is 9.84 Å². The summed E-state index contributed by atoms with van der Waals surface area (Å²) < 4.78 is 5.38. The Hall–Kier alpha value is -2.34. The van der Waals surface area contributed by atoms with Crippen molar-refractivity contribution >= 4 is 23.8 Å². The maximum Gasteiger partial charge on any atom is 0.328 e. The van der Waals surface area contributed by atoms with E-state index in [1.807, 2.05) is 6.92 Å². The van der Waals surface area contributed by atoms with Gasteiger partial charge in [-0.3, -0.25) is 0 Å². The molecule has 3 N–H and O–H groups in total. The van der Waals surface area contributed by atoms with E-state index in [9.17, 15) is 9.59 Å². The zero-order chi connectivity index (χ0) is 15.2. The number of hydrogen-bond acceptors (Lipinski definition) is 3. The van der Waals surface area contributed by atoms with Gasteiger partial charge in [-0.05, 0) is 37.1 Å². The van der Waals surface area contributed by atoms with E-state index in [2.05, 4.69) is 10.6 Å². The van der Waals surface area contributed by atoms with Crippen LogP contribution in [0.4, 0.5) is 10.5 Å². The summed E-state index contributed by atoms with van der Waals surface area (Å²) in [5, 5.41) is 14.2. The number of carbonyl (C=O) groups excluding carboxylic acids is 1. The molecule has 0 spiro atoms. The van der Waals surface area contributed by atoms with Crippen LogP contribution >= 0.6 is 0 Å². The fourth-order valence-corrected chi connectivity index (χ4v) is 2.14. The van der Waals surface area contributed by atoms with Crippen molar-refractivity contribution in [3.63, 3.8) is 0 Å². The SMILES string of the molecule is CC1OCCC1NC(=O)Nc1cccc(/C=C/C(=O)O)c1. The second-order valence-electron chi connectivity index (χ2n) is 4.87. The van der Waals surface area contributed by atoms with Crippen LogP contribution < -0.4 is 10.6 Å². The number of hydrogen-bond donors (Lipinski definition) is 3. The number of carbonyl (C=O) groups is 2. The fourth-order valence-electron chi connectivity index (χ4n) is 2.14. The predicted molar refractivity (Wildman–Crippen MR) is 79.1 cm³/mol. The molecule has 1 aliphatic heterocycles. The molecule has 1 aliphatic rings. The Kier molecular flexibility index (Phi) is 4.94. The number of carboxylic acid groups (broad SMARTS) is 1. The van der Waals surface area contributed by atoms with Gasteiger partial charge in [-0.25, -0.2) is 9.59 Å². The van der Waals surface area contributed by atoms with Crippen LogP contribution in [0, 0.1) is 0 Å². The Morgan fingerprint density at radius 1 is 1.43 bits per heavy atom. The van der Waals surface area contributed by atoms with E-state index in [-0.39, 0.29) is 18.2 Å². The van der Waals surface area contributed by atoms with E-state index in [1.165, 1.54) is 6.08 Å². The van der Waals surface area contributed by atoms with Crippen molar-refractivity contribution in [2.45, 2.75) is 25.5 Å². The van der Waals surface area contributed by atoms with Crippen LogP contribution in [-0.2, 0) is 9.53 Å². The second-order valence-corrected chi connectivity index (χ2v) is 4.87. The van der Waals surface area contributed by atoms with Gasteiger partial charge in [-0.2, -0.15) is 0 Å². The zero-order valence-electron chi connectivity index (χ0n) is 11.7. The van der Waals surface area contributed by atoms with E-state index in [1.54, 1.807) is 24.3 Å². The second kappa shape index (κ2) is 6.90. The summed E-state index contributed by atoms with van der Waals surface area (Å²) in [4.78, 5) is 22.4. The minimum absolute atomic E-state index is 0.0140. The molecule has 2 atom stereocenters. The Balaban J connectivity index is 1.94. The standard InChI is InChI=1S/C15H18N2O4/c1-10-13(7-8-21-10)17-15(20)16-12-4-2-3-11(9-12)5-6-14(18)19/h2-6,9-10,13H,7-8H2,1H3,(H,18,19)(H2,16,17,20)/b6-5+. The van der Waals surface area contributed by atoms with E-state index in [0.29, 0.717) is 17.9 Å². The molecule has 0 bridgehead atoms. The van der Waals surface area contributed by atoms with Gasteiger partial charge in [0, 0.05) is 18.4 Å². The van der Waals surface area contributed by atoms with E-state index in [0.717, 1.165) is 12.5 Å². The molecule has 1 heterocycles. The molecule has 2 amide bonds. The topological polar surface area (TPSA) is 87.7 Å². The van der Waals surface area contributed by atoms with Crippen molar-refractivity contribution in [1.82, 2.24) is 5.32 Å². The van der Waals surface area contributed by atoms with Gasteiger partial charge in [0.25, 0.3) is 0 Å². The van der Waals surface area contributed by atoms with Gasteiger partial charge in [0.1, 0.15) is 0 Å². The number of nitrogens with one attached hydrogen (secondary N) is 2. The summed E-state index contributed by atoms with van der Waals surface area (Å²) in [6.45, 7) is 2.58. The molecule has 0 radical (unpaired) electrons. The first-order valence-electron chi connectivity index (χ1n) is 6.75. The van der Waals surface area contributed by atoms with Gasteiger partial charge >= 0.3 is 12.0 Å². The quantitative estimate of drug-likeness (QED) is 0.741. The highest BCUT2D eigenvalue weighted by atomic mass is 16.5. The third kappa shape index (κ3) is 4.61. The van der Waals surface area contributed by atoms with Crippen molar-refractivity contribution in [2.75, 3.05) is 11.9 Å². The Morgan fingerprint density at radius 3 is 2.90 bits per heavy atom. The fraction of sp³-hybridized carbons (Fsp3) is 0.333. The maximum atomic E-state index is 11.9. The highest BCUT2D eigenvalue weighted by molar-refractivity contribution is 5.90. The molecular formula is C15H18N2O4. The number of carboxylic acids is 1. The first kappa shape index (κ1) is 15.1. The van der Waals surface area contributed by atoms with Gasteiger partial charge in [0.05, 0.1) is 12.1 Å². The molecule has 6 heteroatoms. The number of aliphatic carboxylic acids is 1. The van der Waals surface area contributed by atoms with Crippen molar-refractivity contribution in [3.05, 3.63) is 35.9 Å². The van der Waals surface area contributed by atoms with Crippen LogP contribution in [0.15, 0.2) is 30.3 Å². The van der Waals surface area contributed by atoms with Gasteiger partial charge in [0.2, 0.25) is 0 Å². The number of urea groups is 1. The number of amides is 2. The third-order valence-electron chi connectivity index (χ3n) is 3.26. The number of rotatable bonds is 4. The van der Waals surface area contributed by atoms with Crippen LogP contribution in [0.2, 0.25) is 0 Å². The molecule has 0 aromatic heterocycles. The molecule has 0 saturated carbocycles. The van der Waals surface area contributed by atoms with Crippen molar-refractivity contribution in [3.8, 4) is 0 Å². The van der Waals surface area contributed by atoms with Gasteiger partial charge < -0.3 is 20.5 Å². The van der Waals surface area contributed by atoms with Crippen LogP contribution in [0.25, 0.3) is 6.08 Å². The smallest absolute Gasteiger partial charge is 0.328 e. The van der Waals surface area contributed by atoms with E-state index >= 15 is 0 Å². The third-order valence-corrected chi connectivity index (χ3v) is 3.26. The molecule has 0 aliphatic carbocycles. The molecule has 1 fully saturated rings. The Morgan fingerprint density at radius 2 is 2.24 bits per heavy atom. The van der Waals surface area contributed by atoms with Gasteiger partial charge in [-0.15, -0.1) is 0 Å². The average molecular weight is 290 g/mol. The first-order valence-corrected chi connectivity index (χ1v) is 6.75. The van der Waals surface area contributed by atoms with Crippen LogP contribution in [0.5, 0.6) is 0 Å². The minimum Gasteiger partial charge on any atom is -0.478 e. The van der Waals surface area contributed by atoms with Crippen LogP contribution in [-0.4, -0.2) is 35.9 Å². The molecule has 6 nitrogen and oxygen atoms in total. The highest BCUT2D eigenvalue weighted by Gasteiger charge is 2.25. The summed E-state index contributed by atoms with van der Waals surface area (Å²) >= 11 is 0. The van der Waals surface area contributed by atoms with Crippen LogP contribution in [0.1, 0.15) is 18.9 Å². The Labute approximate surface area is 122 Å². The van der Waals surface area contributed by atoms with Crippen LogP contribution in [0.3, 0.4) is 0 Å². The van der Waals surface area contributed by atoms with Gasteiger partial charge in [0.15, 0.2) is 0 Å². The average Bonchev–Trinajstić information content (AvgIpc) is 2.82. The molecular weight excluding hydrogens is 272 g/mol. The van der Waals surface area contributed by atoms with Crippen molar-refractivity contribution < 1.29 is 19.4 Å². The lowest BCUT2D eigenvalue weighted by molar-refractivity contribution is -0.131. The zero-order valence-corrected chi connectivity index (χ0v) is 11.7. The molecule has 2 rings (SSSR count). The summed E-state index contributed by atoms with van der Waals surface area (Å²) in [5.74, 6) is -1.01. The minimum atomic E-state index is -1.01. The number of anilines is 1.